The predicted molar refractivity (Wildman–Crippen MR) is 59.0 cm³/mol. The Hall–Kier alpha value is -1.06. The molecule has 17 heavy (non-hydrogen) atoms. The number of rotatable bonds is 2. The molecule has 2 atom stereocenters. The van der Waals surface area contributed by atoms with Crippen molar-refractivity contribution in [1.82, 2.24) is 0 Å². The quantitative estimate of drug-likeness (QED) is 0.685. The number of hydrogen-bond acceptors (Lipinski definition) is 4. The Labute approximate surface area is 101 Å². The van der Waals surface area contributed by atoms with Gasteiger partial charge in [0.15, 0.2) is 0 Å². The van der Waals surface area contributed by atoms with Gasteiger partial charge in [0.25, 0.3) is 0 Å². The van der Waals surface area contributed by atoms with E-state index >= 15 is 0 Å². The molecule has 4 nitrogen and oxygen atoms in total. The maximum atomic E-state index is 12.0. The summed E-state index contributed by atoms with van der Waals surface area (Å²) in [7, 11) is 2.93. The second-order valence-corrected chi connectivity index (χ2v) is 5.74. The summed E-state index contributed by atoms with van der Waals surface area (Å²) in [6.07, 6.45) is 4.14. The van der Waals surface area contributed by atoms with Crippen LogP contribution in [0.5, 0.6) is 0 Å². The number of carbonyl (C=O) groups is 2. The molecule has 0 amide bonds. The number of ether oxygens (including phenoxy) is 2. The van der Waals surface area contributed by atoms with Crippen LogP contribution in [0.1, 0.15) is 32.1 Å². The molecule has 0 N–H and O–H groups in total. The molecule has 0 unspecified atom stereocenters. The van der Waals surface area contributed by atoms with Gasteiger partial charge < -0.3 is 9.47 Å². The van der Waals surface area contributed by atoms with Gasteiger partial charge in [-0.2, -0.15) is 0 Å². The maximum absolute atomic E-state index is 12.0. The second kappa shape index (κ2) is 3.24. The van der Waals surface area contributed by atoms with E-state index in [4.69, 9.17) is 9.47 Å². The van der Waals surface area contributed by atoms with Crippen LogP contribution in [0.2, 0.25) is 0 Å². The lowest BCUT2D eigenvalue weighted by atomic mass is 9.53. The molecular formula is C13H18O4. The lowest BCUT2D eigenvalue weighted by Crippen LogP contribution is -2.52. The van der Waals surface area contributed by atoms with Crippen LogP contribution in [0.3, 0.4) is 0 Å². The third kappa shape index (κ3) is 1.14. The van der Waals surface area contributed by atoms with Crippen LogP contribution in [0.4, 0.5) is 0 Å². The lowest BCUT2D eigenvalue weighted by molar-refractivity contribution is -0.176. The fourth-order valence-electron chi connectivity index (χ4n) is 4.42. The normalized spacial score (nSPS) is 46.0. The molecule has 0 aliphatic heterocycles. The summed E-state index contributed by atoms with van der Waals surface area (Å²) in [4.78, 5) is 24.0. The van der Waals surface area contributed by atoms with Gasteiger partial charge in [-0.25, -0.2) is 0 Å². The molecule has 0 spiro atoms. The first-order chi connectivity index (χ1) is 8.10. The molecule has 0 heterocycles. The van der Waals surface area contributed by atoms with Gasteiger partial charge >= 0.3 is 11.9 Å². The van der Waals surface area contributed by atoms with E-state index in [2.05, 4.69) is 0 Å². The Kier molecular flexibility index (Phi) is 2.11. The topological polar surface area (TPSA) is 52.6 Å². The smallest absolute Gasteiger partial charge is 0.312 e. The van der Waals surface area contributed by atoms with Crippen molar-refractivity contribution < 1.29 is 19.1 Å². The number of methoxy groups -OCH3 is 2. The minimum atomic E-state index is -0.283. The molecular weight excluding hydrogens is 220 g/mol. The van der Waals surface area contributed by atoms with Crippen molar-refractivity contribution in [1.29, 1.82) is 0 Å². The molecule has 0 aromatic heterocycles. The Morgan fingerprint density at radius 2 is 1.24 bits per heavy atom. The Morgan fingerprint density at radius 1 is 0.882 bits per heavy atom. The third-order valence-corrected chi connectivity index (χ3v) is 5.43. The van der Waals surface area contributed by atoms with Crippen LogP contribution in [0, 0.1) is 22.7 Å². The molecule has 0 saturated heterocycles. The third-order valence-electron chi connectivity index (χ3n) is 5.43. The van der Waals surface area contributed by atoms with E-state index in [0.29, 0.717) is 11.8 Å². The predicted octanol–water partition coefficient (Wildman–Crippen LogP) is 1.53. The van der Waals surface area contributed by atoms with E-state index in [1.54, 1.807) is 0 Å². The number of fused-ring (bicyclic) bond motifs is 2. The maximum Gasteiger partial charge on any atom is 0.312 e. The lowest BCUT2D eigenvalue weighted by Gasteiger charge is -2.49. The Bertz CT molecular complexity index is 343. The van der Waals surface area contributed by atoms with E-state index in [-0.39, 0.29) is 22.8 Å². The van der Waals surface area contributed by atoms with E-state index < -0.39 is 0 Å². The summed E-state index contributed by atoms with van der Waals surface area (Å²) < 4.78 is 9.94. The molecule has 4 aliphatic rings. The van der Waals surface area contributed by atoms with E-state index in [0.717, 1.165) is 32.1 Å². The highest BCUT2D eigenvalue weighted by Gasteiger charge is 2.73. The van der Waals surface area contributed by atoms with Crippen molar-refractivity contribution in [2.45, 2.75) is 32.1 Å². The Balaban J connectivity index is 1.91. The van der Waals surface area contributed by atoms with Gasteiger partial charge in [-0.15, -0.1) is 0 Å². The summed E-state index contributed by atoms with van der Waals surface area (Å²) in [5.41, 5.74) is -0.565. The molecule has 4 saturated carbocycles. The van der Waals surface area contributed by atoms with Crippen molar-refractivity contribution in [3.63, 3.8) is 0 Å². The van der Waals surface area contributed by atoms with Crippen LogP contribution >= 0.6 is 0 Å². The molecule has 0 aromatic rings. The minimum absolute atomic E-state index is 0.0665. The molecule has 4 heteroatoms. The van der Waals surface area contributed by atoms with Crippen molar-refractivity contribution in [2.24, 2.45) is 22.7 Å². The highest BCUT2D eigenvalue weighted by atomic mass is 16.5. The minimum Gasteiger partial charge on any atom is -0.469 e. The average Bonchev–Trinajstić information content (AvgIpc) is 3.20. The fourth-order valence-corrected chi connectivity index (χ4v) is 4.42. The van der Waals surface area contributed by atoms with Gasteiger partial charge in [0.1, 0.15) is 0 Å². The summed E-state index contributed by atoms with van der Waals surface area (Å²) >= 11 is 0. The SMILES string of the molecule is COC(=O)C12CCC(C(=O)OC)(CC1)[C@H]1C[C@@H]12. The van der Waals surface area contributed by atoms with Gasteiger partial charge in [0.05, 0.1) is 25.0 Å². The van der Waals surface area contributed by atoms with Crippen LogP contribution in [-0.2, 0) is 19.1 Å². The summed E-state index contributed by atoms with van der Waals surface area (Å²) in [5.74, 6) is 0.583. The first-order valence-corrected chi connectivity index (χ1v) is 6.27. The standard InChI is InChI=1S/C13H18O4/c1-16-10(14)12-3-5-13(6-4-12,11(15)17-2)9-7-8(9)12/h8-9H,3-7H2,1-2H3/t8-,9-,12?,13?/m0/s1. The molecule has 4 rings (SSSR count). The van der Waals surface area contributed by atoms with Crippen molar-refractivity contribution in [2.75, 3.05) is 14.2 Å². The second-order valence-electron chi connectivity index (χ2n) is 5.74. The number of carbonyl (C=O) groups excluding carboxylic acids is 2. The molecule has 0 radical (unpaired) electrons. The number of hydrogen-bond donors (Lipinski definition) is 0. The van der Waals surface area contributed by atoms with Gasteiger partial charge in [0.2, 0.25) is 0 Å². The summed E-state index contributed by atoms with van der Waals surface area (Å²) in [5, 5.41) is 0. The zero-order chi connectivity index (χ0) is 12.3. The molecule has 4 aliphatic carbocycles. The summed E-state index contributed by atoms with van der Waals surface area (Å²) in [6.45, 7) is 0. The van der Waals surface area contributed by atoms with Gasteiger partial charge in [-0.05, 0) is 43.9 Å². The molecule has 4 fully saturated rings. The highest BCUT2D eigenvalue weighted by molar-refractivity contribution is 5.83. The van der Waals surface area contributed by atoms with Crippen LogP contribution in [0.15, 0.2) is 0 Å². The Morgan fingerprint density at radius 3 is 1.53 bits per heavy atom. The zero-order valence-electron chi connectivity index (χ0n) is 10.3. The largest absolute Gasteiger partial charge is 0.469 e. The molecule has 0 aromatic carbocycles. The van der Waals surface area contributed by atoms with Gasteiger partial charge in [-0.3, -0.25) is 9.59 Å². The van der Waals surface area contributed by atoms with E-state index in [1.807, 2.05) is 0 Å². The summed E-state index contributed by atoms with van der Waals surface area (Å²) in [6, 6.07) is 0. The van der Waals surface area contributed by atoms with Crippen LogP contribution in [0.25, 0.3) is 0 Å². The van der Waals surface area contributed by atoms with Gasteiger partial charge in [-0.1, -0.05) is 0 Å². The number of esters is 2. The van der Waals surface area contributed by atoms with Crippen molar-refractivity contribution >= 4 is 11.9 Å². The van der Waals surface area contributed by atoms with E-state index in [9.17, 15) is 9.59 Å². The molecule has 94 valence electrons. The fraction of sp³-hybridized carbons (Fsp3) is 0.846. The first kappa shape index (κ1) is 11.1. The average molecular weight is 238 g/mol. The zero-order valence-corrected chi connectivity index (χ0v) is 10.3. The van der Waals surface area contributed by atoms with E-state index in [1.165, 1.54) is 14.2 Å². The van der Waals surface area contributed by atoms with Crippen LogP contribution in [-0.4, -0.2) is 26.2 Å². The van der Waals surface area contributed by atoms with Crippen molar-refractivity contribution in [3.05, 3.63) is 0 Å². The first-order valence-electron chi connectivity index (χ1n) is 6.27. The monoisotopic (exact) mass is 238 g/mol. The molecule has 2 bridgehead atoms. The van der Waals surface area contributed by atoms with Crippen LogP contribution < -0.4 is 0 Å². The highest BCUT2D eigenvalue weighted by Crippen LogP contribution is 2.73. The van der Waals surface area contributed by atoms with Gasteiger partial charge in [0, 0.05) is 0 Å². The van der Waals surface area contributed by atoms with Crippen molar-refractivity contribution in [3.8, 4) is 0 Å².